The summed E-state index contributed by atoms with van der Waals surface area (Å²) < 4.78 is 4.89. The molecule has 3 N–H and O–H groups in total. The van der Waals surface area contributed by atoms with E-state index in [0.717, 1.165) is 6.42 Å². The second-order valence-corrected chi connectivity index (χ2v) is 4.00. The van der Waals surface area contributed by atoms with E-state index < -0.39 is 17.6 Å². The van der Waals surface area contributed by atoms with E-state index >= 15 is 0 Å². The summed E-state index contributed by atoms with van der Waals surface area (Å²) in [5.74, 6) is -0.993. The van der Waals surface area contributed by atoms with Gasteiger partial charge in [0, 0.05) is 13.1 Å². The molecular weight excluding hydrogens is 224 g/mol. The molecule has 0 unspecified atom stereocenters. The van der Waals surface area contributed by atoms with Crippen LogP contribution in [-0.4, -0.2) is 47.3 Å². The first-order valence-corrected chi connectivity index (χ1v) is 5.57. The molecule has 1 aliphatic carbocycles. The number of amides is 1. The Morgan fingerprint density at radius 3 is 2.53 bits per heavy atom. The molecule has 6 heteroatoms. The van der Waals surface area contributed by atoms with Gasteiger partial charge >= 0.3 is 12.1 Å². The van der Waals surface area contributed by atoms with Gasteiger partial charge in [-0.15, -0.1) is 0 Å². The van der Waals surface area contributed by atoms with E-state index in [-0.39, 0.29) is 19.7 Å². The van der Waals surface area contributed by atoms with Gasteiger partial charge in [-0.3, -0.25) is 4.90 Å². The van der Waals surface area contributed by atoms with Crippen molar-refractivity contribution in [3.63, 3.8) is 0 Å². The number of rotatable bonds is 6. The van der Waals surface area contributed by atoms with Crippen molar-refractivity contribution in [2.75, 3.05) is 19.7 Å². The van der Waals surface area contributed by atoms with Crippen molar-refractivity contribution in [1.29, 1.82) is 0 Å². The Kier molecular flexibility index (Phi) is 4.51. The van der Waals surface area contributed by atoms with Crippen LogP contribution in [0.2, 0.25) is 0 Å². The Balaban J connectivity index is 2.79. The molecule has 0 radical (unpaired) electrons. The van der Waals surface area contributed by atoms with E-state index in [1.807, 2.05) is 0 Å². The number of hydrogen-bond donors (Lipinski definition) is 2. The third-order valence-electron chi connectivity index (χ3n) is 2.99. The Labute approximate surface area is 100 Å². The number of nitrogens with two attached hydrogens (primary N) is 1. The van der Waals surface area contributed by atoms with Gasteiger partial charge in [0.05, 0.1) is 0 Å². The number of carbonyl (C=O) groups is 2. The second kappa shape index (κ2) is 5.67. The molecule has 1 amide bonds. The summed E-state index contributed by atoms with van der Waals surface area (Å²) in [7, 11) is 0. The van der Waals surface area contributed by atoms with Crippen molar-refractivity contribution in [2.24, 2.45) is 5.73 Å². The van der Waals surface area contributed by atoms with Crippen molar-refractivity contribution in [1.82, 2.24) is 4.90 Å². The number of carbonyl (C=O) groups excluding carboxylic acids is 1. The van der Waals surface area contributed by atoms with Gasteiger partial charge in [-0.1, -0.05) is 12.7 Å². The molecule has 6 nitrogen and oxygen atoms in total. The van der Waals surface area contributed by atoms with Gasteiger partial charge in [-0.25, -0.2) is 9.59 Å². The number of aliphatic carboxylic acids is 1. The molecular formula is C11H18N2O4. The highest BCUT2D eigenvalue weighted by Crippen LogP contribution is 2.38. The zero-order valence-electron chi connectivity index (χ0n) is 9.72. The Morgan fingerprint density at radius 2 is 2.18 bits per heavy atom. The normalized spacial score (nSPS) is 16.8. The lowest BCUT2D eigenvalue weighted by Gasteiger charge is -2.45. The first-order valence-electron chi connectivity index (χ1n) is 5.57. The molecule has 0 spiro atoms. The minimum Gasteiger partial charge on any atom is -0.479 e. The molecule has 0 heterocycles. The number of nitrogens with zero attached hydrogens (tertiary/aromatic N) is 1. The van der Waals surface area contributed by atoms with Gasteiger partial charge in [0.1, 0.15) is 12.1 Å². The zero-order valence-corrected chi connectivity index (χ0v) is 9.72. The molecule has 1 aliphatic rings. The van der Waals surface area contributed by atoms with E-state index in [0.29, 0.717) is 12.8 Å². The lowest BCUT2D eigenvalue weighted by Crippen LogP contribution is -2.62. The van der Waals surface area contributed by atoms with Gasteiger partial charge in [0.15, 0.2) is 0 Å². The maximum atomic E-state index is 11.8. The van der Waals surface area contributed by atoms with Crippen LogP contribution in [0.3, 0.4) is 0 Å². The van der Waals surface area contributed by atoms with Gasteiger partial charge in [-0.05, 0) is 19.3 Å². The largest absolute Gasteiger partial charge is 0.479 e. The summed E-state index contributed by atoms with van der Waals surface area (Å²) >= 11 is 0. The maximum Gasteiger partial charge on any atom is 0.411 e. The molecule has 0 aliphatic heterocycles. The predicted molar refractivity (Wildman–Crippen MR) is 61.5 cm³/mol. The number of ether oxygens (including phenoxy) is 1. The smallest absolute Gasteiger partial charge is 0.411 e. The van der Waals surface area contributed by atoms with Crippen LogP contribution in [0, 0.1) is 0 Å². The fourth-order valence-electron chi connectivity index (χ4n) is 1.93. The van der Waals surface area contributed by atoms with Crippen LogP contribution in [0.5, 0.6) is 0 Å². The van der Waals surface area contributed by atoms with Gasteiger partial charge in [0.2, 0.25) is 0 Å². The van der Waals surface area contributed by atoms with Crippen LogP contribution in [0.4, 0.5) is 4.79 Å². The highest BCUT2D eigenvalue weighted by atomic mass is 16.6. The Morgan fingerprint density at radius 1 is 1.53 bits per heavy atom. The highest BCUT2D eigenvalue weighted by molar-refractivity contribution is 5.85. The first-order chi connectivity index (χ1) is 8.08. The molecule has 0 aromatic rings. The van der Waals surface area contributed by atoms with Crippen molar-refractivity contribution >= 4 is 12.1 Å². The van der Waals surface area contributed by atoms with Crippen molar-refractivity contribution in [3.05, 3.63) is 12.7 Å². The Bertz CT molecular complexity index is 313. The molecule has 1 rings (SSSR count). The minimum atomic E-state index is -1.13. The van der Waals surface area contributed by atoms with Crippen LogP contribution in [0.15, 0.2) is 12.7 Å². The van der Waals surface area contributed by atoms with Crippen LogP contribution in [0.1, 0.15) is 19.3 Å². The molecule has 0 aromatic carbocycles. The van der Waals surface area contributed by atoms with Gasteiger partial charge in [-0.2, -0.15) is 0 Å². The molecule has 0 saturated heterocycles. The summed E-state index contributed by atoms with van der Waals surface area (Å²) in [6.45, 7) is 3.89. The molecule has 0 atom stereocenters. The number of carboxylic acids is 1. The topological polar surface area (TPSA) is 92.9 Å². The zero-order chi connectivity index (χ0) is 12.9. The second-order valence-electron chi connectivity index (χ2n) is 4.00. The summed E-state index contributed by atoms with van der Waals surface area (Å²) in [5.41, 5.74) is 4.28. The van der Waals surface area contributed by atoms with Crippen molar-refractivity contribution < 1.29 is 19.4 Å². The van der Waals surface area contributed by atoms with E-state index in [1.54, 1.807) is 0 Å². The maximum absolute atomic E-state index is 11.8. The summed E-state index contributed by atoms with van der Waals surface area (Å²) in [6, 6.07) is 0. The third kappa shape index (κ3) is 2.58. The fraction of sp³-hybridized carbons (Fsp3) is 0.636. The standard InChI is InChI=1S/C11H18N2O4/c1-2-8-17-10(16)13(7-6-12)11(9(14)15)4-3-5-11/h2H,1,3-8,12H2,(H,14,15). The monoisotopic (exact) mass is 242 g/mol. The van der Waals surface area contributed by atoms with E-state index in [4.69, 9.17) is 10.5 Å². The van der Waals surface area contributed by atoms with Crippen LogP contribution in [-0.2, 0) is 9.53 Å². The van der Waals surface area contributed by atoms with E-state index in [2.05, 4.69) is 6.58 Å². The van der Waals surface area contributed by atoms with Crippen molar-refractivity contribution in [2.45, 2.75) is 24.8 Å². The van der Waals surface area contributed by atoms with Crippen molar-refractivity contribution in [3.8, 4) is 0 Å². The van der Waals surface area contributed by atoms with Gasteiger partial charge < -0.3 is 15.6 Å². The molecule has 1 fully saturated rings. The average molecular weight is 242 g/mol. The van der Waals surface area contributed by atoms with Crippen LogP contribution in [0.25, 0.3) is 0 Å². The molecule has 1 saturated carbocycles. The molecule has 0 bridgehead atoms. The van der Waals surface area contributed by atoms with Crippen LogP contribution < -0.4 is 5.73 Å². The predicted octanol–water partition coefficient (Wildman–Crippen LogP) is 0.577. The summed E-state index contributed by atoms with van der Waals surface area (Å²) in [4.78, 5) is 24.3. The lowest BCUT2D eigenvalue weighted by atomic mass is 9.75. The highest BCUT2D eigenvalue weighted by Gasteiger charge is 2.51. The first kappa shape index (κ1) is 13.5. The SMILES string of the molecule is C=CCOC(=O)N(CCN)C1(C(=O)O)CCC1. The summed E-state index contributed by atoms with van der Waals surface area (Å²) in [5, 5.41) is 9.24. The van der Waals surface area contributed by atoms with Crippen LogP contribution >= 0.6 is 0 Å². The third-order valence-corrected chi connectivity index (χ3v) is 2.99. The number of carboxylic acid groups (broad SMARTS) is 1. The van der Waals surface area contributed by atoms with E-state index in [9.17, 15) is 14.7 Å². The fourth-order valence-corrected chi connectivity index (χ4v) is 1.93. The summed E-state index contributed by atoms with van der Waals surface area (Å²) in [6.07, 6.45) is 2.49. The quantitative estimate of drug-likeness (QED) is 0.664. The number of hydrogen-bond acceptors (Lipinski definition) is 4. The minimum absolute atomic E-state index is 0.0651. The molecule has 0 aromatic heterocycles. The van der Waals surface area contributed by atoms with Gasteiger partial charge in [0.25, 0.3) is 0 Å². The van der Waals surface area contributed by atoms with E-state index in [1.165, 1.54) is 11.0 Å². The molecule has 96 valence electrons. The lowest BCUT2D eigenvalue weighted by molar-refractivity contribution is -0.156. The Hall–Kier alpha value is -1.56. The molecule has 17 heavy (non-hydrogen) atoms. The average Bonchev–Trinajstić information content (AvgIpc) is 2.22.